The largest absolute Gasteiger partial charge is 0.330 e. The Hall–Kier alpha value is -1.42. The van der Waals surface area contributed by atoms with E-state index in [1.54, 1.807) is 13.0 Å². The smallest absolute Gasteiger partial charge is 0.229 e. The van der Waals surface area contributed by atoms with Crippen molar-refractivity contribution in [1.29, 1.82) is 0 Å². The fourth-order valence-corrected chi connectivity index (χ4v) is 1.81. The number of anilines is 1. The highest BCUT2D eigenvalue weighted by molar-refractivity contribution is 5.95. The zero-order chi connectivity index (χ0) is 11.0. The predicted octanol–water partition coefficient (Wildman–Crippen LogP) is 1.20. The van der Waals surface area contributed by atoms with Crippen molar-refractivity contribution in [3.63, 3.8) is 0 Å². The lowest BCUT2D eigenvalue weighted by Gasteiger charge is -2.24. The van der Waals surface area contributed by atoms with Crippen LogP contribution in [0.1, 0.15) is 11.1 Å². The van der Waals surface area contributed by atoms with Gasteiger partial charge in [0.05, 0.1) is 5.92 Å². The zero-order valence-electron chi connectivity index (χ0n) is 8.51. The molecule has 0 radical (unpaired) electrons. The number of nitrogens with one attached hydrogen (secondary N) is 1. The van der Waals surface area contributed by atoms with Gasteiger partial charge in [-0.05, 0) is 30.5 Å². The summed E-state index contributed by atoms with van der Waals surface area (Å²) < 4.78 is 13.2. The van der Waals surface area contributed by atoms with Crippen LogP contribution in [-0.4, -0.2) is 12.5 Å². The van der Waals surface area contributed by atoms with Crippen LogP contribution in [-0.2, 0) is 11.2 Å². The predicted molar refractivity (Wildman–Crippen MR) is 56.0 cm³/mol. The molecular formula is C11H13FN2O. The van der Waals surface area contributed by atoms with Crippen molar-refractivity contribution in [3.8, 4) is 0 Å². The first-order valence-electron chi connectivity index (χ1n) is 4.91. The molecule has 0 saturated carbocycles. The summed E-state index contributed by atoms with van der Waals surface area (Å²) in [7, 11) is 0. The van der Waals surface area contributed by atoms with E-state index in [1.807, 2.05) is 0 Å². The molecule has 1 aromatic carbocycles. The quantitative estimate of drug-likeness (QED) is 0.728. The average Bonchev–Trinajstić information content (AvgIpc) is 2.20. The van der Waals surface area contributed by atoms with Crippen molar-refractivity contribution >= 4 is 11.6 Å². The number of carbonyl (C=O) groups is 1. The third kappa shape index (κ3) is 1.72. The second kappa shape index (κ2) is 3.62. The van der Waals surface area contributed by atoms with Gasteiger partial charge in [0.1, 0.15) is 5.82 Å². The van der Waals surface area contributed by atoms with Gasteiger partial charge in [-0.2, -0.15) is 0 Å². The molecule has 15 heavy (non-hydrogen) atoms. The molecule has 0 spiro atoms. The number of amides is 1. The molecule has 2 rings (SSSR count). The summed E-state index contributed by atoms with van der Waals surface area (Å²) in [5.41, 5.74) is 7.62. The fourth-order valence-electron chi connectivity index (χ4n) is 1.81. The van der Waals surface area contributed by atoms with Crippen LogP contribution in [0, 0.1) is 18.7 Å². The lowest BCUT2D eigenvalue weighted by molar-refractivity contribution is -0.119. The molecule has 1 heterocycles. The van der Waals surface area contributed by atoms with E-state index < -0.39 is 0 Å². The molecule has 1 atom stereocenters. The standard InChI is InChI=1S/C11H13FN2O/c1-6-2-7-3-8(5-13)11(15)14-10(7)4-9(6)12/h2,4,8H,3,5,13H2,1H3,(H,14,15). The molecule has 0 saturated heterocycles. The van der Waals surface area contributed by atoms with Gasteiger partial charge in [0.15, 0.2) is 0 Å². The monoisotopic (exact) mass is 208 g/mol. The first-order chi connectivity index (χ1) is 7.11. The molecular weight excluding hydrogens is 195 g/mol. The maximum absolute atomic E-state index is 13.2. The van der Waals surface area contributed by atoms with Crippen molar-refractivity contribution in [1.82, 2.24) is 0 Å². The molecule has 3 N–H and O–H groups in total. The average molecular weight is 208 g/mol. The summed E-state index contributed by atoms with van der Waals surface area (Å²) in [5.74, 6) is -0.601. The lowest BCUT2D eigenvalue weighted by Crippen LogP contribution is -2.35. The summed E-state index contributed by atoms with van der Waals surface area (Å²) >= 11 is 0. The second-order valence-electron chi connectivity index (χ2n) is 3.88. The van der Waals surface area contributed by atoms with Gasteiger partial charge in [0.25, 0.3) is 0 Å². The third-order valence-electron chi connectivity index (χ3n) is 2.76. The SMILES string of the molecule is Cc1cc2c(cc1F)NC(=O)C(CN)C2. The van der Waals surface area contributed by atoms with Gasteiger partial charge >= 0.3 is 0 Å². The lowest BCUT2D eigenvalue weighted by atomic mass is 9.92. The normalized spacial score (nSPS) is 19.7. The summed E-state index contributed by atoms with van der Waals surface area (Å²) in [4.78, 5) is 11.5. The van der Waals surface area contributed by atoms with E-state index in [0.717, 1.165) is 5.56 Å². The Morgan fingerprint density at radius 1 is 1.60 bits per heavy atom. The third-order valence-corrected chi connectivity index (χ3v) is 2.76. The number of hydrogen-bond donors (Lipinski definition) is 2. The Kier molecular flexibility index (Phi) is 2.44. The Bertz CT molecular complexity index is 417. The van der Waals surface area contributed by atoms with Gasteiger partial charge < -0.3 is 11.1 Å². The van der Waals surface area contributed by atoms with Crippen molar-refractivity contribution in [2.24, 2.45) is 11.7 Å². The van der Waals surface area contributed by atoms with Gasteiger partial charge in [0.2, 0.25) is 5.91 Å². The minimum absolute atomic E-state index is 0.117. The Labute approximate surface area is 87.5 Å². The van der Waals surface area contributed by atoms with Crippen LogP contribution >= 0.6 is 0 Å². The molecule has 0 aromatic heterocycles. The number of hydrogen-bond acceptors (Lipinski definition) is 2. The summed E-state index contributed by atoms with van der Waals surface area (Å²) in [5, 5.41) is 2.67. The van der Waals surface area contributed by atoms with Gasteiger partial charge in [-0.1, -0.05) is 6.07 Å². The molecule has 1 unspecified atom stereocenters. The molecule has 1 aliphatic heterocycles. The fraction of sp³-hybridized carbons (Fsp3) is 0.364. The maximum Gasteiger partial charge on any atom is 0.229 e. The molecule has 4 heteroatoms. The number of carbonyl (C=O) groups excluding carboxylic acids is 1. The topological polar surface area (TPSA) is 55.1 Å². The highest BCUT2D eigenvalue weighted by Gasteiger charge is 2.25. The Balaban J connectivity index is 2.41. The number of halogens is 1. The molecule has 0 aliphatic carbocycles. The summed E-state index contributed by atoms with van der Waals surface area (Å²) in [6.07, 6.45) is 0.596. The van der Waals surface area contributed by atoms with E-state index in [0.29, 0.717) is 24.2 Å². The van der Waals surface area contributed by atoms with Crippen molar-refractivity contribution in [2.75, 3.05) is 11.9 Å². The van der Waals surface area contributed by atoms with Crippen LogP contribution in [0.3, 0.4) is 0 Å². The summed E-state index contributed by atoms with van der Waals surface area (Å²) in [6, 6.07) is 3.14. The first kappa shape index (κ1) is 10.1. The number of nitrogens with two attached hydrogens (primary N) is 1. The van der Waals surface area contributed by atoms with E-state index in [9.17, 15) is 9.18 Å². The molecule has 1 amide bonds. The number of aryl methyl sites for hydroxylation is 1. The van der Waals surface area contributed by atoms with Crippen LogP contribution < -0.4 is 11.1 Å². The highest BCUT2D eigenvalue weighted by atomic mass is 19.1. The summed E-state index contributed by atoms with van der Waals surface area (Å²) in [6.45, 7) is 2.03. The molecule has 0 bridgehead atoms. The van der Waals surface area contributed by atoms with Gasteiger partial charge in [-0.3, -0.25) is 4.79 Å². The molecule has 1 aliphatic rings. The van der Waals surface area contributed by atoms with Gasteiger partial charge in [-0.25, -0.2) is 4.39 Å². The number of benzene rings is 1. The minimum Gasteiger partial charge on any atom is -0.330 e. The van der Waals surface area contributed by atoms with Gasteiger partial charge in [0, 0.05) is 12.2 Å². The molecule has 0 fully saturated rings. The van der Waals surface area contributed by atoms with Crippen LogP contribution in [0.25, 0.3) is 0 Å². The van der Waals surface area contributed by atoms with E-state index in [2.05, 4.69) is 5.32 Å². The van der Waals surface area contributed by atoms with Gasteiger partial charge in [-0.15, -0.1) is 0 Å². The van der Waals surface area contributed by atoms with E-state index in [1.165, 1.54) is 6.07 Å². The Morgan fingerprint density at radius 3 is 3.00 bits per heavy atom. The zero-order valence-corrected chi connectivity index (χ0v) is 8.51. The number of rotatable bonds is 1. The molecule has 3 nitrogen and oxygen atoms in total. The van der Waals surface area contributed by atoms with Crippen molar-refractivity contribution < 1.29 is 9.18 Å². The van der Waals surface area contributed by atoms with Crippen LogP contribution in [0.4, 0.5) is 10.1 Å². The van der Waals surface area contributed by atoms with E-state index >= 15 is 0 Å². The van der Waals surface area contributed by atoms with Crippen LogP contribution in [0.5, 0.6) is 0 Å². The maximum atomic E-state index is 13.2. The minimum atomic E-state index is -0.291. The second-order valence-corrected chi connectivity index (χ2v) is 3.88. The van der Waals surface area contributed by atoms with Crippen molar-refractivity contribution in [3.05, 3.63) is 29.1 Å². The van der Waals surface area contributed by atoms with Crippen molar-refractivity contribution in [2.45, 2.75) is 13.3 Å². The van der Waals surface area contributed by atoms with Crippen LogP contribution in [0.2, 0.25) is 0 Å². The molecule has 80 valence electrons. The molecule has 1 aromatic rings. The van der Waals surface area contributed by atoms with E-state index in [4.69, 9.17) is 5.73 Å². The number of fused-ring (bicyclic) bond motifs is 1. The highest BCUT2D eigenvalue weighted by Crippen LogP contribution is 2.27. The van der Waals surface area contributed by atoms with Crippen LogP contribution in [0.15, 0.2) is 12.1 Å². The Morgan fingerprint density at radius 2 is 2.33 bits per heavy atom. The first-order valence-corrected chi connectivity index (χ1v) is 4.91. The van der Waals surface area contributed by atoms with E-state index in [-0.39, 0.29) is 17.6 Å².